The molecule has 42 heavy (non-hydrogen) atoms. The summed E-state index contributed by atoms with van der Waals surface area (Å²) in [6.07, 6.45) is -4.44. The van der Waals surface area contributed by atoms with Crippen LogP contribution >= 0.6 is 0 Å². The van der Waals surface area contributed by atoms with Crippen molar-refractivity contribution in [1.29, 1.82) is 0 Å². The van der Waals surface area contributed by atoms with E-state index in [1.54, 1.807) is 31.2 Å². The summed E-state index contributed by atoms with van der Waals surface area (Å²) in [6.45, 7) is 0.718. The highest BCUT2D eigenvalue weighted by atomic mass is 16.4. The lowest BCUT2D eigenvalue weighted by Crippen LogP contribution is -2.53. The topological polar surface area (TPSA) is 238 Å². The SMILES string of the molecule is CCNC(=O)CNC(=O)[C@H](Cc1ccccc1)NC(=O)CNC(=O)[C@H](CCC(=O)NC[C@H](O)[C@@H](O)[C@H](O)CCO)NC. The third kappa shape index (κ3) is 14.3. The minimum absolute atomic E-state index is 0.0421. The molecule has 0 aromatic heterocycles. The van der Waals surface area contributed by atoms with E-state index in [-0.39, 0.29) is 51.3 Å². The Labute approximate surface area is 244 Å². The minimum Gasteiger partial charge on any atom is -0.396 e. The van der Waals surface area contributed by atoms with Gasteiger partial charge in [0, 0.05) is 32.5 Å². The molecule has 0 bridgehead atoms. The molecule has 0 spiro atoms. The number of hydrogen-bond acceptors (Lipinski definition) is 10. The summed E-state index contributed by atoms with van der Waals surface area (Å²) >= 11 is 0. The number of hydrogen-bond donors (Lipinski definition) is 10. The van der Waals surface area contributed by atoms with Crippen LogP contribution in [0.1, 0.15) is 31.7 Å². The van der Waals surface area contributed by atoms with Crippen LogP contribution in [-0.4, -0.2) is 120 Å². The summed E-state index contributed by atoms with van der Waals surface area (Å²) in [7, 11) is 1.50. The maximum Gasteiger partial charge on any atom is 0.243 e. The molecule has 0 aliphatic carbocycles. The van der Waals surface area contributed by atoms with Crippen molar-refractivity contribution in [3.05, 3.63) is 35.9 Å². The van der Waals surface area contributed by atoms with Gasteiger partial charge in [0.25, 0.3) is 0 Å². The predicted octanol–water partition coefficient (Wildman–Crippen LogP) is -3.97. The Bertz CT molecular complexity index is 998. The van der Waals surface area contributed by atoms with E-state index in [0.29, 0.717) is 6.54 Å². The second-order valence-corrected chi connectivity index (χ2v) is 9.52. The van der Waals surface area contributed by atoms with Gasteiger partial charge in [0.2, 0.25) is 29.5 Å². The van der Waals surface area contributed by atoms with E-state index >= 15 is 0 Å². The van der Waals surface area contributed by atoms with Crippen molar-refractivity contribution in [3.8, 4) is 0 Å². The van der Waals surface area contributed by atoms with Gasteiger partial charge in [-0.15, -0.1) is 0 Å². The molecule has 0 unspecified atom stereocenters. The van der Waals surface area contributed by atoms with Crippen LogP contribution in [0.15, 0.2) is 30.3 Å². The number of carbonyl (C=O) groups is 5. The van der Waals surface area contributed by atoms with E-state index in [1.165, 1.54) is 7.05 Å². The molecule has 0 heterocycles. The van der Waals surface area contributed by atoms with E-state index in [2.05, 4.69) is 31.9 Å². The zero-order valence-corrected chi connectivity index (χ0v) is 24.0. The van der Waals surface area contributed by atoms with Gasteiger partial charge in [0.05, 0.1) is 31.3 Å². The number of aliphatic hydroxyl groups excluding tert-OH is 4. The molecular weight excluding hydrogens is 552 g/mol. The molecule has 1 aromatic carbocycles. The monoisotopic (exact) mass is 596 g/mol. The molecule has 1 rings (SSSR count). The smallest absolute Gasteiger partial charge is 0.243 e. The summed E-state index contributed by atoms with van der Waals surface area (Å²) in [6, 6.07) is 7.11. The van der Waals surface area contributed by atoms with Crippen molar-refractivity contribution >= 4 is 29.5 Å². The number of aliphatic hydroxyl groups is 4. The van der Waals surface area contributed by atoms with Crippen LogP contribution in [0.5, 0.6) is 0 Å². The van der Waals surface area contributed by atoms with Crippen molar-refractivity contribution < 1.29 is 44.4 Å². The Balaban J connectivity index is 2.59. The number of likely N-dealkylation sites (N-methyl/N-ethyl adjacent to an activating group) is 2. The molecule has 10 N–H and O–H groups in total. The molecule has 0 aliphatic rings. The van der Waals surface area contributed by atoms with Crippen molar-refractivity contribution in [1.82, 2.24) is 31.9 Å². The van der Waals surface area contributed by atoms with E-state index in [9.17, 15) is 39.3 Å². The van der Waals surface area contributed by atoms with Crippen LogP contribution in [-0.2, 0) is 30.4 Å². The summed E-state index contributed by atoms with van der Waals surface area (Å²) in [5.74, 6) is -2.67. The van der Waals surface area contributed by atoms with Crippen LogP contribution < -0.4 is 31.9 Å². The average molecular weight is 597 g/mol. The lowest BCUT2D eigenvalue weighted by Gasteiger charge is -2.23. The van der Waals surface area contributed by atoms with Crippen molar-refractivity contribution in [2.75, 3.05) is 39.8 Å². The Kier molecular flexibility index (Phi) is 17.6. The maximum atomic E-state index is 12.7. The van der Waals surface area contributed by atoms with Gasteiger partial charge in [-0.05, 0) is 32.4 Å². The Hall–Kier alpha value is -3.63. The van der Waals surface area contributed by atoms with Crippen LogP contribution in [0.3, 0.4) is 0 Å². The van der Waals surface area contributed by atoms with Crippen LogP contribution in [0.4, 0.5) is 0 Å². The summed E-state index contributed by atoms with van der Waals surface area (Å²) in [5.41, 5.74) is 0.775. The quantitative estimate of drug-likeness (QED) is 0.0700. The molecule has 5 atom stereocenters. The predicted molar refractivity (Wildman–Crippen MR) is 152 cm³/mol. The van der Waals surface area contributed by atoms with Gasteiger partial charge >= 0.3 is 0 Å². The maximum absolute atomic E-state index is 12.7. The summed E-state index contributed by atoms with van der Waals surface area (Å²) < 4.78 is 0. The van der Waals surface area contributed by atoms with Crippen molar-refractivity contribution in [2.24, 2.45) is 0 Å². The molecule has 0 saturated heterocycles. The average Bonchev–Trinajstić information content (AvgIpc) is 2.97. The third-order valence-electron chi connectivity index (χ3n) is 6.20. The lowest BCUT2D eigenvalue weighted by molar-refractivity contribution is -0.131. The second-order valence-electron chi connectivity index (χ2n) is 9.52. The van der Waals surface area contributed by atoms with Gasteiger partial charge in [-0.25, -0.2) is 0 Å². The van der Waals surface area contributed by atoms with Crippen LogP contribution in [0.25, 0.3) is 0 Å². The summed E-state index contributed by atoms with van der Waals surface area (Å²) in [4.78, 5) is 61.8. The highest BCUT2D eigenvalue weighted by Crippen LogP contribution is 2.05. The molecule has 0 saturated carbocycles. The van der Waals surface area contributed by atoms with E-state index < -0.39 is 60.6 Å². The van der Waals surface area contributed by atoms with Crippen molar-refractivity contribution in [2.45, 2.75) is 63.0 Å². The van der Waals surface area contributed by atoms with E-state index in [1.807, 2.05) is 6.07 Å². The largest absolute Gasteiger partial charge is 0.396 e. The van der Waals surface area contributed by atoms with Gasteiger partial charge in [-0.3, -0.25) is 24.0 Å². The van der Waals surface area contributed by atoms with Gasteiger partial charge in [-0.2, -0.15) is 0 Å². The van der Waals surface area contributed by atoms with Gasteiger partial charge < -0.3 is 52.3 Å². The molecule has 0 fully saturated rings. The molecule has 0 aliphatic heterocycles. The summed E-state index contributed by atoms with van der Waals surface area (Å²) in [5, 5.41) is 53.3. The highest BCUT2D eigenvalue weighted by Gasteiger charge is 2.26. The van der Waals surface area contributed by atoms with Gasteiger partial charge in [-0.1, -0.05) is 30.3 Å². The fourth-order valence-electron chi connectivity index (χ4n) is 3.81. The normalized spacial score (nSPS) is 14.4. The Morgan fingerprint density at radius 2 is 1.38 bits per heavy atom. The number of benzene rings is 1. The first-order chi connectivity index (χ1) is 20.0. The molecule has 1 aromatic rings. The molecule has 5 amide bonds. The first kappa shape index (κ1) is 36.4. The number of rotatable bonds is 20. The van der Waals surface area contributed by atoms with Gasteiger partial charge in [0.1, 0.15) is 12.1 Å². The lowest BCUT2D eigenvalue weighted by atomic mass is 10.1. The zero-order chi connectivity index (χ0) is 31.5. The Morgan fingerprint density at radius 3 is 1.98 bits per heavy atom. The molecule has 15 nitrogen and oxygen atoms in total. The first-order valence-corrected chi connectivity index (χ1v) is 13.8. The van der Waals surface area contributed by atoms with E-state index in [4.69, 9.17) is 5.11 Å². The highest BCUT2D eigenvalue weighted by molar-refractivity contribution is 5.92. The van der Waals surface area contributed by atoms with E-state index in [0.717, 1.165) is 5.56 Å². The van der Waals surface area contributed by atoms with Gasteiger partial charge in [0.15, 0.2) is 0 Å². The Morgan fingerprint density at radius 1 is 0.762 bits per heavy atom. The second kappa shape index (κ2) is 20.3. The minimum atomic E-state index is -1.56. The van der Waals surface area contributed by atoms with Crippen LogP contribution in [0.2, 0.25) is 0 Å². The number of nitrogens with one attached hydrogen (secondary N) is 6. The molecule has 15 heteroatoms. The fourth-order valence-corrected chi connectivity index (χ4v) is 3.81. The molecule has 0 radical (unpaired) electrons. The fraction of sp³-hybridized carbons (Fsp3) is 0.593. The zero-order valence-electron chi connectivity index (χ0n) is 24.0. The number of amides is 5. The van der Waals surface area contributed by atoms with Crippen LogP contribution in [0, 0.1) is 0 Å². The third-order valence-corrected chi connectivity index (χ3v) is 6.20. The number of carbonyl (C=O) groups excluding carboxylic acids is 5. The van der Waals surface area contributed by atoms with Crippen molar-refractivity contribution in [3.63, 3.8) is 0 Å². The standard InChI is InChI=1S/C27H44N6O9/c1-3-29-23(38)15-31-27(42)19(13-17-7-5-4-6-8-17)33-24(39)16-32-26(41)18(28-2)9-10-22(37)30-14-21(36)25(40)20(35)11-12-34/h4-8,18-21,25,28,34-36,40H,3,9-16H2,1-2H3,(H,29,38)(H,30,37)(H,31,42)(H,32,41)(H,33,39)/t18-,19-,20+,21-,25-/m0/s1. The molecular formula is C27H44N6O9. The first-order valence-electron chi connectivity index (χ1n) is 13.8. The molecule has 236 valence electrons.